The van der Waals surface area contributed by atoms with Crippen molar-refractivity contribution in [3.8, 4) is 5.75 Å². The Kier molecular flexibility index (Phi) is 5.59. The van der Waals surface area contributed by atoms with Crippen molar-refractivity contribution in [1.29, 1.82) is 0 Å². The fraction of sp³-hybridized carbons (Fsp3) is 0.562. The van der Waals surface area contributed by atoms with Crippen LogP contribution in [0.1, 0.15) is 32.0 Å². The Balaban J connectivity index is 2.14. The Bertz CT molecular complexity index is 461. The lowest BCUT2D eigenvalue weighted by molar-refractivity contribution is -0.130. The summed E-state index contributed by atoms with van der Waals surface area (Å²) in [6.07, 6.45) is 0.699. The molecular weight excluding hydrogens is 268 g/mol. The number of benzene rings is 1. The predicted octanol–water partition coefficient (Wildman–Crippen LogP) is 1.94. The van der Waals surface area contributed by atoms with Crippen LogP contribution in [0.3, 0.4) is 0 Å². The molecule has 1 saturated heterocycles. The van der Waals surface area contributed by atoms with E-state index >= 15 is 0 Å². The number of nitrogens with one attached hydrogen (secondary N) is 1. The van der Waals surface area contributed by atoms with Crippen molar-refractivity contribution < 1.29 is 14.3 Å². The molecule has 1 aliphatic rings. The van der Waals surface area contributed by atoms with Crippen molar-refractivity contribution in [3.05, 3.63) is 29.8 Å². The second kappa shape index (κ2) is 7.43. The Morgan fingerprint density at radius 3 is 2.52 bits per heavy atom. The van der Waals surface area contributed by atoms with E-state index < -0.39 is 0 Å². The van der Waals surface area contributed by atoms with E-state index in [4.69, 9.17) is 9.47 Å². The molecule has 1 aromatic carbocycles. The van der Waals surface area contributed by atoms with Crippen LogP contribution in [0.25, 0.3) is 0 Å². The fourth-order valence-electron chi connectivity index (χ4n) is 2.58. The van der Waals surface area contributed by atoms with Crippen LogP contribution in [-0.2, 0) is 9.53 Å². The van der Waals surface area contributed by atoms with Gasteiger partial charge in [0, 0.05) is 13.2 Å². The van der Waals surface area contributed by atoms with Gasteiger partial charge in [0.1, 0.15) is 11.9 Å². The van der Waals surface area contributed by atoms with Gasteiger partial charge in [0.05, 0.1) is 19.8 Å². The maximum Gasteiger partial charge on any atom is 0.241 e. The second-order valence-corrected chi connectivity index (χ2v) is 5.03. The van der Waals surface area contributed by atoms with Crippen molar-refractivity contribution in [1.82, 2.24) is 10.2 Å². The van der Waals surface area contributed by atoms with Crippen LogP contribution in [-0.4, -0.2) is 43.7 Å². The number of ether oxygens (including phenoxy) is 2. The van der Waals surface area contributed by atoms with Crippen molar-refractivity contribution >= 4 is 5.91 Å². The lowest BCUT2D eigenvalue weighted by Crippen LogP contribution is -2.34. The number of carbonyl (C=O) groups excluding carboxylic acids is 1. The van der Waals surface area contributed by atoms with Crippen LogP contribution in [0.5, 0.6) is 5.75 Å². The molecule has 1 amide bonds. The molecule has 116 valence electrons. The van der Waals surface area contributed by atoms with E-state index in [0.29, 0.717) is 19.8 Å². The lowest BCUT2D eigenvalue weighted by atomic mass is 10.1. The van der Waals surface area contributed by atoms with Crippen LogP contribution < -0.4 is 10.1 Å². The van der Waals surface area contributed by atoms with Crippen LogP contribution in [0.4, 0.5) is 0 Å². The highest BCUT2D eigenvalue weighted by molar-refractivity contribution is 5.84. The van der Waals surface area contributed by atoms with Crippen LogP contribution >= 0.6 is 0 Å². The van der Waals surface area contributed by atoms with E-state index in [1.54, 1.807) is 7.11 Å². The molecule has 0 bridgehead atoms. The first-order valence-corrected chi connectivity index (χ1v) is 7.49. The highest BCUT2D eigenvalue weighted by Gasteiger charge is 2.38. The summed E-state index contributed by atoms with van der Waals surface area (Å²) in [4.78, 5) is 14.3. The molecule has 1 N–H and O–H groups in total. The summed E-state index contributed by atoms with van der Waals surface area (Å²) in [5.74, 6) is 0.967. The number of carbonyl (C=O) groups is 1. The van der Waals surface area contributed by atoms with E-state index in [1.807, 2.05) is 43.0 Å². The summed E-state index contributed by atoms with van der Waals surface area (Å²) in [7, 11) is 1.65. The highest BCUT2D eigenvalue weighted by Crippen LogP contribution is 2.27. The normalized spacial score (nSPS) is 21.9. The molecule has 1 aromatic rings. The average molecular weight is 292 g/mol. The fourth-order valence-corrected chi connectivity index (χ4v) is 2.58. The number of methoxy groups -OCH3 is 1. The zero-order valence-corrected chi connectivity index (χ0v) is 13.0. The molecule has 1 aliphatic heterocycles. The smallest absolute Gasteiger partial charge is 0.241 e. The van der Waals surface area contributed by atoms with Gasteiger partial charge < -0.3 is 14.4 Å². The lowest BCUT2D eigenvalue weighted by Gasteiger charge is -2.24. The molecule has 5 nitrogen and oxygen atoms in total. The molecule has 21 heavy (non-hydrogen) atoms. The summed E-state index contributed by atoms with van der Waals surface area (Å²) in [5.41, 5.74) is 1.07. The molecule has 0 spiro atoms. The van der Waals surface area contributed by atoms with Gasteiger partial charge in [-0.05, 0) is 31.0 Å². The van der Waals surface area contributed by atoms with E-state index in [0.717, 1.165) is 17.7 Å². The minimum atomic E-state index is -0.112. The first kappa shape index (κ1) is 15.8. The SMILES string of the molecule is CCOCCN1C(=O)C(CC)NC1c1ccc(OC)cc1. The summed E-state index contributed by atoms with van der Waals surface area (Å²) < 4.78 is 10.6. The van der Waals surface area contributed by atoms with Gasteiger partial charge in [-0.2, -0.15) is 0 Å². The largest absolute Gasteiger partial charge is 0.497 e. The molecule has 2 rings (SSSR count). The van der Waals surface area contributed by atoms with Gasteiger partial charge in [-0.25, -0.2) is 0 Å². The molecule has 0 aliphatic carbocycles. The first-order chi connectivity index (χ1) is 10.2. The number of nitrogens with zero attached hydrogens (tertiary/aromatic N) is 1. The topological polar surface area (TPSA) is 50.8 Å². The van der Waals surface area contributed by atoms with Gasteiger partial charge in [-0.15, -0.1) is 0 Å². The molecule has 5 heteroatoms. The number of rotatable bonds is 7. The first-order valence-electron chi connectivity index (χ1n) is 7.49. The highest BCUT2D eigenvalue weighted by atomic mass is 16.5. The molecule has 1 fully saturated rings. The van der Waals surface area contributed by atoms with Gasteiger partial charge in [0.2, 0.25) is 5.91 Å². The number of hydrogen-bond acceptors (Lipinski definition) is 4. The zero-order valence-electron chi connectivity index (χ0n) is 13.0. The molecular formula is C16H24N2O3. The summed E-state index contributed by atoms with van der Waals surface area (Å²) in [5, 5.41) is 3.40. The second-order valence-electron chi connectivity index (χ2n) is 5.03. The van der Waals surface area contributed by atoms with Crippen LogP contribution in [0.2, 0.25) is 0 Å². The average Bonchev–Trinajstić information content (AvgIpc) is 2.84. The van der Waals surface area contributed by atoms with E-state index in [2.05, 4.69) is 5.32 Å². The quantitative estimate of drug-likeness (QED) is 0.780. The Morgan fingerprint density at radius 1 is 1.24 bits per heavy atom. The zero-order chi connectivity index (χ0) is 15.2. The van der Waals surface area contributed by atoms with Gasteiger partial charge >= 0.3 is 0 Å². The molecule has 2 atom stereocenters. The minimum Gasteiger partial charge on any atom is -0.497 e. The third kappa shape index (κ3) is 3.54. The van der Waals surface area contributed by atoms with Crippen LogP contribution in [0, 0.1) is 0 Å². The minimum absolute atomic E-state index is 0.0891. The maximum absolute atomic E-state index is 12.4. The molecule has 0 saturated carbocycles. The monoisotopic (exact) mass is 292 g/mol. The molecule has 1 heterocycles. The van der Waals surface area contributed by atoms with Gasteiger partial charge in [0.25, 0.3) is 0 Å². The van der Waals surface area contributed by atoms with E-state index in [-0.39, 0.29) is 18.1 Å². The van der Waals surface area contributed by atoms with E-state index in [1.165, 1.54) is 0 Å². The summed E-state index contributed by atoms with van der Waals surface area (Å²) >= 11 is 0. The summed E-state index contributed by atoms with van der Waals surface area (Å²) in [6.45, 7) is 5.81. The standard InChI is InChI=1S/C16H24N2O3/c1-4-14-16(19)18(10-11-21-5-2)15(17-14)12-6-8-13(20-3)9-7-12/h6-9,14-15,17H,4-5,10-11H2,1-3H3. The predicted molar refractivity (Wildman–Crippen MR) is 81.2 cm³/mol. The third-order valence-corrected chi connectivity index (χ3v) is 3.77. The number of hydrogen-bond donors (Lipinski definition) is 1. The van der Waals surface area contributed by atoms with E-state index in [9.17, 15) is 4.79 Å². The van der Waals surface area contributed by atoms with Crippen molar-refractivity contribution in [2.45, 2.75) is 32.5 Å². The van der Waals surface area contributed by atoms with Gasteiger partial charge in [-0.1, -0.05) is 19.1 Å². The Labute approximate surface area is 126 Å². The van der Waals surface area contributed by atoms with Crippen molar-refractivity contribution in [3.63, 3.8) is 0 Å². The van der Waals surface area contributed by atoms with Gasteiger partial charge in [-0.3, -0.25) is 10.1 Å². The molecule has 0 aromatic heterocycles. The maximum atomic E-state index is 12.4. The van der Waals surface area contributed by atoms with Crippen LogP contribution in [0.15, 0.2) is 24.3 Å². The van der Waals surface area contributed by atoms with Crippen molar-refractivity contribution in [2.75, 3.05) is 26.9 Å². The molecule has 2 unspecified atom stereocenters. The Morgan fingerprint density at radius 2 is 1.95 bits per heavy atom. The number of amides is 1. The van der Waals surface area contributed by atoms with Crippen molar-refractivity contribution in [2.24, 2.45) is 0 Å². The Hall–Kier alpha value is -1.59. The summed E-state index contributed by atoms with van der Waals surface area (Å²) in [6, 6.07) is 7.72. The third-order valence-electron chi connectivity index (χ3n) is 3.77. The molecule has 0 radical (unpaired) electrons. The van der Waals surface area contributed by atoms with Gasteiger partial charge in [0.15, 0.2) is 0 Å².